The van der Waals surface area contributed by atoms with Gasteiger partial charge in [-0.15, -0.1) is 0 Å². The summed E-state index contributed by atoms with van der Waals surface area (Å²) in [4.78, 5) is 29.1. The fourth-order valence-electron chi connectivity index (χ4n) is 4.04. The summed E-state index contributed by atoms with van der Waals surface area (Å²) in [7, 11) is 1.43. The number of carboxylic acid groups (broad SMARTS) is 1. The molecule has 0 radical (unpaired) electrons. The number of rotatable bonds is 9. The van der Waals surface area contributed by atoms with Crippen molar-refractivity contribution in [2.45, 2.75) is 45.4 Å². The van der Waals surface area contributed by atoms with Crippen molar-refractivity contribution in [2.75, 3.05) is 13.7 Å². The molecule has 0 amide bonds. The number of ketones is 1. The topological polar surface area (TPSA) is 85.7 Å². The van der Waals surface area contributed by atoms with E-state index >= 15 is 0 Å². The zero-order chi connectivity index (χ0) is 23.3. The second-order valence-electron chi connectivity index (χ2n) is 8.43. The fraction of sp³-hybridized carbons (Fsp3) is 0.458. The number of methoxy groups -OCH3 is 1. The maximum absolute atomic E-state index is 13.9. The number of carboxylic acids is 1. The highest BCUT2D eigenvalue weighted by molar-refractivity contribution is 6.30. The van der Waals surface area contributed by atoms with Gasteiger partial charge in [-0.25, -0.2) is 9.37 Å². The van der Waals surface area contributed by atoms with E-state index in [9.17, 15) is 19.1 Å². The summed E-state index contributed by atoms with van der Waals surface area (Å²) in [5.41, 5.74) is -0.380. The van der Waals surface area contributed by atoms with Gasteiger partial charge in [-0.05, 0) is 61.4 Å². The highest BCUT2D eigenvalue weighted by Crippen LogP contribution is 2.42. The van der Waals surface area contributed by atoms with Gasteiger partial charge in [0.15, 0.2) is 11.5 Å². The number of ether oxygens (including phenoxy) is 2. The van der Waals surface area contributed by atoms with E-state index in [1.54, 1.807) is 0 Å². The minimum Gasteiger partial charge on any atom is -0.488 e. The fourth-order valence-corrected chi connectivity index (χ4v) is 4.23. The van der Waals surface area contributed by atoms with Gasteiger partial charge in [-0.3, -0.25) is 9.59 Å². The predicted octanol–water partition coefficient (Wildman–Crippen LogP) is 5.36. The molecule has 8 heteroatoms. The summed E-state index contributed by atoms with van der Waals surface area (Å²) in [6.07, 6.45) is 4.07. The molecule has 0 saturated heterocycles. The first-order valence-electron chi connectivity index (χ1n) is 10.6. The van der Waals surface area contributed by atoms with Crippen molar-refractivity contribution in [3.05, 3.63) is 52.4 Å². The maximum Gasteiger partial charge on any atom is 0.310 e. The molecule has 1 fully saturated rings. The van der Waals surface area contributed by atoms with E-state index in [4.69, 9.17) is 21.1 Å². The van der Waals surface area contributed by atoms with Gasteiger partial charge in [-0.1, -0.05) is 18.5 Å². The molecule has 1 aromatic heterocycles. The van der Waals surface area contributed by atoms with E-state index in [-0.39, 0.29) is 48.2 Å². The summed E-state index contributed by atoms with van der Waals surface area (Å²) in [6.45, 7) is 2.21. The van der Waals surface area contributed by atoms with Gasteiger partial charge in [0.05, 0.1) is 19.1 Å². The number of halogens is 2. The first-order chi connectivity index (χ1) is 15.2. The molecule has 1 heterocycles. The van der Waals surface area contributed by atoms with E-state index < -0.39 is 11.4 Å². The summed E-state index contributed by atoms with van der Waals surface area (Å²) >= 11 is 5.92. The van der Waals surface area contributed by atoms with Crippen LogP contribution in [0.1, 0.15) is 54.9 Å². The monoisotopic (exact) mass is 463 g/mol. The third-order valence-electron chi connectivity index (χ3n) is 6.15. The number of aromatic nitrogens is 1. The normalized spacial score (nSPS) is 20.6. The number of carbonyl (C=O) groups is 2. The lowest BCUT2D eigenvalue weighted by molar-refractivity contribution is -0.151. The van der Waals surface area contributed by atoms with Crippen molar-refractivity contribution in [3.63, 3.8) is 0 Å². The molecular weight excluding hydrogens is 437 g/mol. The third-order valence-corrected chi connectivity index (χ3v) is 6.39. The molecule has 0 bridgehead atoms. The van der Waals surface area contributed by atoms with Crippen molar-refractivity contribution < 1.29 is 28.6 Å². The minimum absolute atomic E-state index is 0.0871. The number of nitrogens with zero attached hydrogens (tertiary/aromatic N) is 1. The van der Waals surface area contributed by atoms with E-state index in [2.05, 4.69) is 11.9 Å². The summed E-state index contributed by atoms with van der Waals surface area (Å²) in [5, 5.41) is 10.2. The smallest absolute Gasteiger partial charge is 0.310 e. The zero-order valence-corrected chi connectivity index (χ0v) is 19.0. The molecule has 0 aliphatic heterocycles. The van der Waals surface area contributed by atoms with Crippen LogP contribution >= 0.6 is 11.6 Å². The molecule has 3 rings (SSSR count). The van der Waals surface area contributed by atoms with Crippen molar-refractivity contribution >= 4 is 23.4 Å². The number of aliphatic carboxylic acids is 1. The van der Waals surface area contributed by atoms with Crippen LogP contribution in [0.5, 0.6) is 11.6 Å². The van der Waals surface area contributed by atoms with Crippen LogP contribution in [0.3, 0.4) is 0 Å². The Morgan fingerprint density at radius 1 is 1.28 bits per heavy atom. The molecule has 32 heavy (non-hydrogen) atoms. The first kappa shape index (κ1) is 24.0. The molecule has 0 spiro atoms. The molecule has 1 saturated carbocycles. The van der Waals surface area contributed by atoms with Crippen LogP contribution in [0, 0.1) is 17.2 Å². The Morgan fingerprint density at radius 2 is 2.00 bits per heavy atom. The molecule has 1 aliphatic rings. The van der Waals surface area contributed by atoms with Crippen molar-refractivity contribution in [1.82, 2.24) is 4.98 Å². The van der Waals surface area contributed by atoms with Gasteiger partial charge < -0.3 is 14.6 Å². The molecule has 6 nitrogen and oxygen atoms in total. The van der Waals surface area contributed by atoms with Crippen LogP contribution in [0.2, 0.25) is 5.02 Å². The summed E-state index contributed by atoms with van der Waals surface area (Å²) in [6, 6.07) is 5.80. The van der Waals surface area contributed by atoms with Crippen molar-refractivity contribution in [1.29, 1.82) is 0 Å². The number of hydrogen-bond acceptors (Lipinski definition) is 5. The Labute approximate surface area is 191 Å². The van der Waals surface area contributed by atoms with Crippen LogP contribution in [0.25, 0.3) is 0 Å². The molecular formula is C24H27ClFNO5. The van der Waals surface area contributed by atoms with E-state index in [0.717, 1.165) is 12.8 Å². The number of benzene rings is 1. The summed E-state index contributed by atoms with van der Waals surface area (Å²) in [5.74, 6) is -0.727. The Kier molecular flexibility index (Phi) is 7.72. The second-order valence-corrected chi connectivity index (χ2v) is 8.87. The van der Waals surface area contributed by atoms with E-state index in [1.165, 1.54) is 37.6 Å². The quantitative estimate of drug-likeness (QED) is 0.504. The SMILES string of the molecule is COc1ncc(C(=O)CC2(C(=O)O)CCC(C)CC2)cc1OCCc1cc(Cl)ccc1F. The van der Waals surface area contributed by atoms with Crippen LogP contribution in [-0.2, 0) is 11.2 Å². The number of carbonyl (C=O) groups excluding carboxylic acids is 1. The number of pyridine rings is 1. The average molecular weight is 464 g/mol. The van der Waals surface area contributed by atoms with Crippen LogP contribution in [0.4, 0.5) is 4.39 Å². The Morgan fingerprint density at radius 3 is 2.66 bits per heavy atom. The minimum atomic E-state index is -1.05. The lowest BCUT2D eigenvalue weighted by atomic mass is 9.68. The van der Waals surface area contributed by atoms with Gasteiger partial charge >= 0.3 is 5.97 Å². The van der Waals surface area contributed by atoms with Gasteiger partial charge in [0.2, 0.25) is 0 Å². The van der Waals surface area contributed by atoms with E-state index in [1.807, 2.05) is 0 Å². The van der Waals surface area contributed by atoms with Crippen LogP contribution in [-0.4, -0.2) is 35.6 Å². The Hall–Kier alpha value is -2.67. The Bertz CT molecular complexity index is 988. The third kappa shape index (κ3) is 5.57. The molecule has 172 valence electrons. The second kappa shape index (κ2) is 10.3. The first-order valence-corrected chi connectivity index (χ1v) is 11.0. The number of Topliss-reactive ketones (excluding diaryl/α,β-unsaturated/α-hetero) is 1. The average Bonchev–Trinajstić information content (AvgIpc) is 2.77. The standard InChI is InChI=1S/C24H27ClFNO5/c1-15-5-8-24(9-6-15,23(29)30)13-20(28)17-12-21(22(31-2)27-14-17)32-10-7-16-11-18(25)3-4-19(16)26/h3-4,11-12,14-15H,5-10,13H2,1-2H3,(H,29,30). The Balaban J connectivity index is 1.72. The highest BCUT2D eigenvalue weighted by Gasteiger charge is 2.43. The van der Waals surface area contributed by atoms with E-state index in [0.29, 0.717) is 29.3 Å². The lowest BCUT2D eigenvalue weighted by Gasteiger charge is -2.35. The molecule has 1 N–H and O–H groups in total. The van der Waals surface area contributed by atoms with Crippen molar-refractivity contribution in [3.8, 4) is 11.6 Å². The summed E-state index contributed by atoms with van der Waals surface area (Å²) < 4.78 is 24.9. The lowest BCUT2D eigenvalue weighted by Crippen LogP contribution is -2.37. The van der Waals surface area contributed by atoms with Crippen LogP contribution in [0.15, 0.2) is 30.5 Å². The largest absolute Gasteiger partial charge is 0.488 e. The number of hydrogen-bond donors (Lipinski definition) is 1. The van der Waals surface area contributed by atoms with Gasteiger partial charge in [-0.2, -0.15) is 0 Å². The zero-order valence-electron chi connectivity index (χ0n) is 18.2. The molecule has 2 aromatic rings. The highest BCUT2D eigenvalue weighted by atomic mass is 35.5. The molecule has 1 aliphatic carbocycles. The van der Waals surface area contributed by atoms with Gasteiger partial charge in [0.1, 0.15) is 5.82 Å². The van der Waals surface area contributed by atoms with Crippen molar-refractivity contribution in [2.24, 2.45) is 11.3 Å². The molecule has 0 atom stereocenters. The van der Waals surface area contributed by atoms with Gasteiger partial charge in [0.25, 0.3) is 5.88 Å². The maximum atomic E-state index is 13.9. The molecule has 0 unspecified atom stereocenters. The van der Waals surface area contributed by atoms with Gasteiger partial charge in [0, 0.05) is 29.6 Å². The molecule has 1 aromatic carbocycles. The predicted molar refractivity (Wildman–Crippen MR) is 118 cm³/mol. The van der Waals surface area contributed by atoms with Crippen LogP contribution < -0.4 is 9.47 Å².